The first-order valence-corrected chi connectivity index (χ1v) is 19.2. The van der Waals surface area contributed by atoms with Crippen LogP contribution in [0, 0.1) is 6.07 Å². The number of para-hydroxylation sites is 2. The van der Waals surface area contributed by atoms with Crippen molar-refractivity contribution in [3.8, 4) is 56.3 Å². The molecule has 0 aliphatic carbocycles. The molecule has 4 nitrogen and oxygen atoms in total. The molecule has 56 heavy (non-hydrogen) atoms. The van der Waals surface area contributed by atoms with E-state index in [1.807, 2.05) is 42.6 Å². The number of rotatable bonds is 9. The molecular formula is C51H46N3OPt-. The van der Waals surface area contributed by atoms with Gasteiger partial charge in [-0.15, -0.1) is 23.8 Å². The summed E-state index contributed by atoms with van der Waals surface area (Å²) in [6.45, 7) is 13.2. The molecule has 2 heterocycles. The number of benzene rings is 6. The zero-order chi connectivity index (χ0) is 38.3. The van der Waals surface area contributed by atoms with E-state index in [2.05, 4.69) is 161 Å². The standard InChI is InChI=1S/C51H46N3O.Pt/c1-33(2)36-31-44(34(3)4)49(55)45(32-36)50-53-48-43(20-15-22-47(48)54(50)42-18-11-8-12-19-42)38-28-37(29-39(30-38)46-21-13-14-27-52-46)35-23-25-41(26-24-35)51(5,6)40-16-9-7-10-17-40;/h7-29,31-34,55H,1-6H3;/q-1;. The fraction of sp³-hybridized carbons (Fsp3) is 0.176. The van der Waals surface area contributed by atoms with E-state index in [1.165, 1.54) is 16.7 Å². The van der Waals surface area contributed by atoms with E-state index >= 15 is 0 Å². The quantitative estimate of drug-likeness (QED) is 0.147. The molecule has 0 bridgehead atoms. The Labute approximate surface area is 345 Å². The minimum Gasteiger partial charge on any atom is -0.507 e. The third kappa shape index (κ3) is 7.27. The van der Waals surface area contributed by atoms with Crippen LogP contribution in [0.4, 0.5) is 0 Å². The second-order valence-corrected chi connectivity index (χ2v) is 15.6. The maximum Gasteiger partial charge on any atom is 0.148 e. The maximum atomic E-state index is 11.9. The average Bonchev–Trinajstić information content (AvgIpc) is 3.61. The minimum atomic E-state index is -0.140. The molecule has 2 aromatic heterocycles. The van der Waals surface area contributed by atoms with Gasteiger partial charge >= 0.3 is 0 Å². The van der Waals surface area contributed by atoms with Crippen LogP contribution >= 0.6 is 0 Å². The summed E-state index contributed by atoms with van der Waals surface area (Å²) in [4.78, 5) is 10.2. The summed E-state index contributed by atoms with van der Waals surface area (Å²) in [7, 11) is 0. The van der Waals surface area contributed by atoms with Crippen LogP contribution in [0.2, 0.25) is 0 Å². The largest absolute Gasteiger partial charge is 0.507 e. The van der Waals surface area contributed by atoms with Gasteiger partial charge in [0.25, 0.3) is 0 Å². The summed E-state index contributed by atoms with van der Waals surface area (Å²) < 4.78 is 2.18. The normalized spacial score (nSPS) is 11.6. The van der Waals surface area contributed by atoms with Gasteiger partial charge in [-0.05, 0) is 70.0 Å². The van der Waals surface area contributed by atoms with Crippen LogP contribution in [0.1, 0.15) is 75.6 Å². The summed E-state index contributed by atoms with van der Waals surface area (Å²) in [6, 6.07) is 54.6. The van der Waals surface area contributed by atoms with Crippen molar-refractivity contribution in [1.29, 1.82) is 0 Å². The molecule has 0 aliphatic rings. The van der Waals surface area contributed by atoms with E-state index in [9.17, 15) is 5.11 Å². The molecule has 0 atom stereocenters. The van der Waals surface area contributed by atoms with E-state index in [-0.39, 0.29) is 44.1 Å². The number of imidazole rings is 1. The smallest absolute Gasteiger partial charge is 0.148 e. The molecule has 0 spiro atoms. The zero-order valence-electron chi connectivity index (χ0n) is 32.7. The molecule has 0 amide bonds. The first-order valence-electron chi connectivity index (χ1n) is 19.2. The van der Waals surface area contributed by atoms with E-state index in [1.54, 1.807) is 0 Å². The summed E-state index contributed by atoms with van der Waals surface area (Å²) in [6.07, 6.45) is 1.83. The first-order chi connectivity index (χ1) is 26.6. The first kappa shape index (κ1) is 38.7. The predicted molar refractivity (Wildman–Crippen MR) is 228 cm³/mol. The number of nitrogens with zero attached hydrogens (tertiary/aromatic N) is 3. The van der Waals surface area contributed by atoms with Crippen LogP contribution in [0.25, 0.3) is 61.6 Å². The number of phenolic OH excluding ortho intramolecular Hbond substituents is 1. The van der Waals surface area contributed by atoms with Gasteiger partial charge in [0.15, 0.2) is 0 Å². The van der Waals surface area contributed by atoms with E-state index in [0.29, 0.717) is 5.82 Å². The number of aromatic nitrogens is 3. The molecule has 8 aromatic rings. The second kappa shape index (κ2) is 15.9. The maximum absolute atomic E-state index is 11.9. The molecule has 282 valence electrons. The minimum absolute atomic E-state index is 0. The van der Waals surface area contributed by atoms with E-state index in [4.69, 9.17) is 9.97 Å². The molecule has 0 fully saturated rings. The van der Waals surface area contributed by atoms with Crippen LogP contribution in [0.3, 0.4) is 0 Å². The molecule has 0 unspecified atom stereocenters. The molecule has 8 rings (SSSR count). The molecule has 0 saturated heterocycles. The van der Waals surface area contributed by atoms with E-state index in [0.717, 1.165) is 61.4 Å². The second-order valence-electron chi connectivity index (χ2n) is 15.6. The molecule has 6 aromatic carbocycles. The Morgan fingerprint density at radius 3 is 1.95 bits per heavy atom. The Morgan fingerprint density at radius 2 is 1.29 bits per heavy atom. The van der Waals surface area contributed by atoms with Crippen molar-refractivity contribution in [3.05, 3.63) is 180 Å². The van der Waals surface area contributed by atoms with Gasteiger partial charge in [-0.2, -0.15) is 0 Å². The zero-order valence-corrected chi connectivity index (χ0v) is 35.0. The SMILES string of the molecule is CC(C)c1cc(-c2nc3c(-c4[c-]c(-c5ccccn5)cc(-c5ccc(C(C)(C)c6ccccc6)cc5)c4)cccc3n2-c2ccccc2)c(O)c(C(C)C)c1.[Pt]. The molecule has 0 saturated carbocycles. The molecule has 0 aliphatic heterocycles. The molecular weight excluding hydrogens is 866 g/mol. The van der Waals surface area contributed by atoms with Gasteiger partial charge < -0.3 is 5.11 Å². The number of hydrogen-bond acceptors (Lipinski definition) is 3. The Balaban J connectivity index is 0.00000480. The van der Waals surface area contributed by atoms with Crippen molar-refractivity contribution in [2.75, 3.05) is 0 Å². The van der Waals surface area contributed by atoms with Gasteiger partial charge in [0.05, 0.1) is 16.6 Å². The Morgan fingerprint density at radius 1 is 0.625 bits per heavy atom. The van der Waals surface area contributed by atoms with Crippen molar-refractivity contribution in [3.63, 3.8) is 0 Å². The Hall–Kier alpha value is -5.57. The summed E-state index contributed by atoms with van der Waals surface area (Å²) >= 11 is 0. The molecule has 0 radical (unpaired) electrons. The monoisotopic (exact) mass is 911 g/mol. The third-order valence-electron chi connectivity index (χ3n) is 10.9. The number of hydrogen-bond donors (Lipinski definition) is 1. The van der Waals surface area contributed by atoms with Crippen molar-refractivity contribution >= 4 is 11.0 Å². The van der Waals surface area contributed by atoms with Crippen LogP contribution in [-0.2, 0) is 26.5 Å². The fourth-order valence-corrected chi connectivity index (χ4v) is 7.60. The van der Waals surface area contributed by atoms with Crippen LogP contribution in [0.5, 0.6) is 5.75 Å². The molecule has 5 heteroatoms. The van der Waals surface area contributed by atoms with Gasteiger partial charge in [-0.1, -0.05) is 161 Å². The van der Waals surface area contributed by atoms with Crippen molar-refractivity contribution in [2.45, 2.75) is 58.8 Å². The molecule has 1 N–H and O–H groups in total. The van der Waals surface area contributed by atoms with Crippen molar-refractivity contribution in [1.82, 2.24) is 14.5 Å². The van der Waals surface area contributed by atoms with Crippen LogP contribution < -0.4 is 0 Å². The van der Waals surface area contributed by atoms with Crippen LogP contribution in [0.15, 0.2) is 152 Å². The Bertz CT molecular complexity index is 2610. The summed E-state index contributed by atoms with van der Waals surface area (Å²) in [5.41, 5.74) is 13.8. The van der Waals surface area contributed by atoms with Gasteiger partial charge in [0.1, 0.15) is 11.6 Å². The van der Waals surface area contributed by atoms with Gasteiger partial charge in [-0.25, -0.2) is 4.98 Å². The number of phenols is 1. The number of fused-ring (bicyclic) bond motifs is 1. The van der Waals surface area contributed by atoms with E-state index < -0.39 is 0 Å². The average molecular weight is 912 g/mol. The van der Waals surface area contributed by atoms with Gasteiger partial charge in [0, 0.05) is 44.1 Å². The van der Waals surface area contributed by atoms with Gasteiger partial charge in [0.2, 0.25) is 0 Å². The topological polar surface area (TPSA) is 50.9 Å². The predicted octanol–water partition coefficient (Wildman–Crippen LogP) is 13.2. The third-order valence-corrected chi connectivity index (χ3v) is 10.9. The number of pyridine rings is 1. The van der Waals surface area contributed by atoms with Crippen molar-refractivity contribution in [2.24, 2.45) is 0 Å². The van der Waals surface area contributed by atoms with Gasteiger partial charge in [-0.3, -0.25) is 9.55 Å². The summed E-state index contributed by atoms with van der Waals surface area (Å²) in [5, 5.41) is 11.9. The number of aromatic hydroxyl groups is 1. The van der Waals surface area contributed by atoms with Crippen molar-refractivity contribution < 1.29 is 26.2 Å². The summed E-state index contributed by atoms with van der Waals surface area (Å²) in [5.74, 6) is 1.40. The fourth-order valence-electron chi connectivity index (χ4n) is 7.60. The Kier molecular flexibility index (Phi) is 11.0. The van der Waals surface area contributed by atoms with Crippen LogP contribution in [-0.4, -0.2) is 19.6 Å².